The fraction of sp³-hybridized carbons (Fsp3) is 0.0833. The fourth-order valence-corrected chi connectivity index (χ4v) is 1.45. The maximum atomic E-state index is 10.8. The number of primary amides is 1. The summed E-state index contributed by atoms with van der Waals surface area (Å²) in [6.07, 6.45) is 0. The summed E-state index contributed by atoms with van der Waals surface area (Å²) in [5.41, 5.74) is 12.6. The van der Waals surface area contributed by atoms with Gasteiger partial charge in [0.1, 0.15) is 5.82 Å². The predicted molar refractivity (Wildman–Crippen MR) is 68.7 cm³/mol. The second kappa shape index (κ2) is 5.13. The Bertz CT molecular complexity index is 553. The molecule has 6 nitrogen and oxygen atoms in total. The molecule has 2 rings (SSSR count). The maximum Gasteiger partial charge on any atom is 0.269 e. The van der Waals surface area contributed by atoms with Crippen molar-refractivity contribution in [2.24, 2.45) is 5.73 Å². The minimum Gasteiger partial charge on any atom is -0.399 e. The number of anilines is 2. The van der Waals surface area contributed by atoms with Crippen molar-refractivity contribution in [3.63, 3.8) is 0 Å². The van der Waals surface area contributed by atoms with Crippen molar-refractivity contribution in [1.29, 1.82) is 0 Å². The average molecular weight is 243 g/mol. The van der Waals surface area contributed by atoms with E-state index in [0.29, 0.717) is 18.1 Å². The van der Waals surface area contributed by atoms with Crippen molar-refractivity contribution in [2.45, 2.75) is 6.54 Å². The number of nitrogens with zero attached hydrogens (tertiary/aromatic N) is 2. The second-order valence-electron chi connectivity index (χ2n) is 3.77. The van der Waals surface area contributed by atoms with Gasteiger partial charge in [0, 0.05) is 12.2 Å². The first-order chi connectivity index (χ1) is 8.65. The van der Waals surface area contributed by atoms with E-state index < -0.39 is 5.91 Å². The lowest BCUT2D eigenvalue weighted by atomic mass is 10.2. The number of nitrogen functional groups attached to an aromatic ring is 1. The molecular weight excluding hydrogens is 230 g/mol. The van der Waals surface area contributed by atoms with E-state index in [1.807, 2.05) is 24.3 Å². The van der Waals surface area contributed by atoms with E-state index in [0.717, 1.165) is 5.56 Å². The molecule has 0 saturated heterocycles. The van der Waals surface area contributed by atoms with Gasteiger partial charge in [0.15, 0.2) is 5.69 Å². The van der Waals surface area contributed by atoms with Crippen LogP contribution in [0.15, 0.2) is 36.4 Å². The number of aromatic nitrogens is 2. The minimum absolute atomic E-state index is 0.143. The van der Waals surface area contributed by atoms with Crippen molar-refractivity contribution < 1.29 is 4.79 Å². The van der Waals surface area contributed by atoms with Crippen molar-refractivity contribution in [1.82, 2.24) is 10.2 Å². The Hall–Kier alpha value is -2.63. The van der Waals surface area contributed by atoms with Crippen LogP contribution in [0.4, 0.5) is 11.5 Å². The highest BCUT2D eigenvalue weighted by molar-refractivity contribution is 5.90. The standard InChI is InChI=1S/C12H13N5O/c13-9-3-1-2-8(6-9)7-15-11-5-4-10(12(14)18)16-17-11/h1-6H,7,13H2,(H2,14,18)(H,15,17). The molecule has 0 aliphatic carbocycles. The van der Waals surface area contributed by atoms with Gasteiger partial charge in [-0.3, -0.25) is 4.79 Å². The molecule has 0 bridgehead atoms. The topological polar surface area (TPSA) is 107 Å². The van der Waals surface area contributed by atoms with Crippen LogP contribution in [0.3, 0.4) is 0 Å². The molecule has 1 amide bonds. The molecule has 1 heterocycles. The highest BCUT2D eigenvalue weighted by atomic mass is 16.1. The summed E-state index contributed by atoms with van der Waals surface area (Å²) >= 11 is 0. The number of carbonyl (C=O) groups is 1. The van der Waals surface area contributed by atoms with Crippen LogP contribution >= 0.6 is 0 Å². The number of amides is 1. The molecule has 0 saturated carbocycles. The van der Waals surface area contributed by atoms with Crippen molar-refractivity contribution >= 4 is 17.4 Å². The van der Waals surface area contributed by atoms with Crippen LogP contribution < -0.4 is 16.8 Å². The largest absolute Gasteiger partial charge is 0.399 e. The zero-order chi connectivity index (χ0) is 13.0. The van der Waals surface area contributed by atoms with Gasteiger partial charge in [0.2, 0.25) is 0 Å². The van der Waals surface area contributed by atoms with Crippen LogP contribution in [0, 0.1) is 0 Å². The zero-order valence-electron chi connectivity index (χ0n) is 9.63. The average Bonchev–Trinajstić information content (AvgIpc) is 2.37. The lowest BCUT2D eigenvalue weighted by molar-refractivity contribution is 0.0994. The Kier molecular flexibility index (Phi) is 3.38. The number of hydrogen-bond donors (Lipinski definition) is 3. The van der Waals surface area contributed by atoms with E-state index >= 15 is 0 Å². The summed E-state index contributed by atoms with van der Waals surface area (Å²) in [6.45, 7) is 0.579. The highest BCUT2D eigenvalue weighted by Gasteiger charge is 2.02. The van der Waals surface area contributed by atoms with Gasteiger partial charge < -0.3 is 16.8 Å². The SMILES string of the molecule is NC(=O)c1ccc(NCc2cccc(N)c2)nn1. The molecule has 0 spiro atoms. The van der Waals surface area contributed by atoms with Gasteiger partial charge in [-0.25, -0.2) is 0 Å². The van der Waals surface area contributed by atoms with Crippen LogP contribution in [0.2, 0.25) is 0 Å². The van der Waals surface area contributed by atoms with Crippen LogP contribution in [0.1, 0.15) is 16.1 Å². The van der Waals surface area contributed by atoms with E-state index in [-0.39, 0.29) is 5.69 Å². The number of carbonyl (C=O) groups excluding carboxylic acids is 1. The van der Waals surface area contributed by atoms with Gasteiger partial charge in [-0.15, -0.1) is 10.2 Å². The Morgan fingerprint density at radius 1 is 1.22 bits per heavy atom. The van der Waals surface area contributed by atoms with Crippen LogP contribution in [-0.2, 0) is 6.54 Å². The number of hydrogen-bond acceptors (Lipinski definition) is 5. The van der Waals surface area contributed by atoms with E-state index in [4.69, 9.17) is 11.5 Å². The number of rotatable bonds is 4. The lowest BCUT2D eigenvalue weighted by Crippen LogP contribution is -2.14. The molecule has 0 atom stereocenters. The summed E-state index contributed by atoms with van der Waals surface area (Å²) in [6, 6.07) is 10.7. The third-order valence-corrected chi connectivity index (χ3v) is 2.34. The van der Waals surface area contributed by atoms with E-state index in [9.17, 15) is 4.79 Å². The van der Waals surface area contributed by atoms with Gasteiger partial charge in [0.25, 0.3) is 5.91 Å². The van der Waals surface area contributed by atoms with Crippen molar-refractivity contribution in [2.75, 3.05) is 11.1 Å². The molecule has 6 heteroatoms. The lowest BCUT2D eigenvalue weighted by Gasteiger charge is -2.05. The Morgan fingerprint density at radius 2 is 2.06 bits per heavy atom. The molecule has 5 N–H and O–H groups in total. The summed E-state index contributed by atoms with van der Waals surface area (Å²) in [5.74, 6) is -0.0210. The summed E-state index contributed by atoms with van der Waals surface area (Å²) in [7, 11) is 0. The van der Waals surface area contributed by atoms with Gasteiger partial charge in [-0.05, 0) is 29.8 Å². The van der Waals surface area contributed by atoms with Gasteiger partial charge in [-0.2, -0.15) is 0 Å². The number of nitrogens with one attached hydrogen (secondary N) is 1. The first-order valence-electron chi connectivity index (χ1n) is 5.37. The molecule has 0 fully saturated rings. The number of benzene rings is 1. The predicted octanol–water partition coefficient (Wildman–Crippen LogP) is 0.770. The minimum atomic E-state index is -0.593. The van der Waals surface area contributed by atoms with Crippen LogP contribution in [0.5, 0.6) is 0 Å². The molecule has 18 heavy (non-hydrogen) atoms. The second-order valence-corrected chi connectivity index (χ2v) is 3.77. The summed E-state index contributed by atoms with van der Waals surface area (Å²) in [5, 5.41) is 10.6. The fourth-order valence-electron chi connectivity index (χ4n) is 1.45. The molecular formula is C12H13N5O. The van der Waals surface area contributed by atoms with E-state index in [1.54, 1.807) is 6.07 Å². The monoisotopic (exact) mass is 243 g/mol. The summed E-state index contributed by atoms with van der Waals surface area (Å²) < 4.78 is 0. The van der Waals surface area contributed by atoms with E-state index in [1.165, 1.54) is 6.07 Å². The molecule has 0 unspecified atom stereocenters. The maximum absolute atomic E-state index is 10.8. The molecule has 2 aromatic rings. The van der Waals surface area contributed by atoms with Gasteiger partial charge in [0.05, 0.1) is 0 Å². The first-order valence-corrected chi connectivity index (χ1v) is 5.37. The van der Waals surface area contributed by atoms with Crippen LogP contribution in [0.25, 0.3) is 0 Å². The van der Waals surface area contributed by atoms with Gasteiger partial charge in [-0.1, -0.05) is 12.1 Å². The third kappa shape index (κ3) is 2.94. The van der Waals surface area contributed by atoms with Gasteiger partial charge >= 0.3 is 0 Å². The molecule has 0 aliphatic heterocycles. The van der Waals surface area contributed by atoms with Crippen molar-refractivity contribution in [3.05, 3.63) is 47.7 Å². The molecule has 0 aliphatic rings. The zero-order valence-corrected chi connectivity index (χ0v) is 9.63. The summed E-state index contributed by atoms with van der Waals surface area (Å²) in [4.78, 5) is 10.8. The highest BCUT2D eigenvalue weighted by Crippen LogP contribution is 2.09. The Morgan fingerprint density at radius 3 is 2.67 bits per heavy atom. The van der Waals surface area contributed by atoms with Crippen LogP contribution in [-0.4, -0.2) is 16.1 Å². The first kappa shape index (κ1) is 11.8. The smallest absolute Gasteiger partial charge is 0.269 e. The Balaban J connectivity index is 2.00. The molecule has 0 radical (unpaired) electrons. The van der Waals surface area contributed by atoms with E-state index in [2.05, 4.69) is 15.5 Å². The quantitative estimate of drug-likeness (QED) is 0.687. The third-order valence-electron chi connectivity index (χ3n) is 2.34. The molecule has 92 valence electrons. The Labute approximate surface area is 104 Å². The normalized spacial score (nSPS) is 10.0. The number of nitrogens with two attached hydrogens (primary N) is 2. The van der Waals surface area contributed by atoms with Crippen molar-refractivity contribution in [3.8, 4) is 0 Å². The molecule has 1 aromatic heterocycles. The molecule has 1 aromatic carbocycles.